The number of nitrogens with zero attached hydrogens (tertiary/aromatic N) is 1. The summed E-state index contributed by atoms with van der Waals surface area (Å²) in [5.74, 6) is 0.792. The Bertz CT molecular complexity index is 781. The van der Waals surface area contributed by atoms with Gasteiger partial charge in [-0.05, 0) is 56.5 Å². The molecule has 2 aromatic rings. The largest absolute Gasteiger partial charge is 0.483 e. The van der Waals surface area contributed by atoms with E-state index in [0.29, 0.717) is 23.8 Å². The quantitative estimate of drug-likeness (QED) is 0.715. The number of hydrogen-bond donors (Lipinski definition) is 1. The topological polar surface area (TPSA) is 58.6 Å². The van der Waals surface area contributed by atoms with E-state index in [4.69, 9.17) is 4.74 Å². The maximum absolute atomic E-state index is 12.1. The minimum Gasteiger partial charge on any atom is -0.483 e. The van der Waals surface area contributed by atoms with Crippen LogP contribution in [-0.2, 0) is 11.3 Å². The molecule has 1 heterocycles. The molecule has 0 saturated carbocycles. The lowest BCUT2D eigenvalue weighted by Crippen LogP contribution is -2.39. The first-order valence-electron chi connectivity index (χ1n) is 9.85. The summed E-state index contributed by atoms with van der Waals surface area (Å²) in [7, 11) is 0. The molecule has 0 spiro atoms. The van der Waals surface area contributed by atoms with E-state index in [2.05, 4.69) is 41.4 Å². The van der Waals surface area contributed by atoms with Crippen molar-refractivity contribution >= 4 is 12.2 Å². The van der Waals surface area contributed by atoms with Gasteiger partial charge in [-0.1, -0.05) is 42.0 Å². The Balaban J connectivity index is 1.35. The van der Waals surface area contributed by atoms with Gasteiger partial charge >= 0.3 is 0 Å². The summed E-state index contributed by atoms with van der Waals surface area (Å²) in [6, 6.07) is 15.6. The molecule has 148 valence electrons. The molecule has 1 aliphatic heterocycles. The van der Waals surface area contributed by atoms with E-state index in [-0.39, 0.29) is 12.5 Å². The highest BCUT2D eigenvalue weighted by Crippen LogP contribution is 2.19. The van der Waals surface area contributed by atoms with Crippen molar-refractivity contribution in [3.63, 3.8) is 0 Å². The zero-order valence-electron chi connectivity index (χ0n) is 16.4. The average molecular weight is 380 g/mol. The molecule has 5 heteroatoms. The van der Waals surface area contributed by atoms with Gasteiger partial charge in [0.05, 0.1) is 5.56 Å². The fourth-order valence-electron chi connectivity index (χ4n) is 3.46. The van der Waals surface area contributed by atoms with E-state index in [1.165, 1.54) is 11.1 Å². The summed E-state index contributed by atoms with van der Waals surface area (Å²) < 4.78 is 5.47. The van der Waals surface area contributed by atoms with Crippen molar-refractivity contribution in [3.8, 4) is 5.75 Å². The number of hydrogen-bond acceptors (Lipinski definition) is 4. The number of carbonyl (C=O) groups excluding carboxylic acids is 2. The van der Waals surface area contributed by atoms with Gasteiger partial charge < -0.3 is 10.1 Å². The number of aryl methyl sites for hydroxylation is 1. The molecule has 1 fully saturated rings. The van der Waals surface area contributed by atoms with Gasteiger partial charge in [-0.2, -0.15) is 0 Å². The standard InChI is InChI=1S/C23H28N2O3/c1-18-6-8-20(9-7-18)15-25-12-10-19(11-13-25)14-24-23(27)17-28-22-5-3-2-4-21(22)16-26/h2-9,16,19H,10-15,17H2,1H3,(H,24,27). The van der Waals surface area contributed by atoms with E-state index in [9.17, 15) is 9.59 Å². The number of piperidine rings is 1. The minimum atomic E-state index is -0.150. The summed E-state index contributed by atoms with van der Waals surface area (Å²) in [5.41, 5.74) is 3.10. The summed E-state index contributed by atoms with van der Waals surface area (Å²) >= 11 is 0. The molecule has 0 radical (unpaired) electrons. The maximum Gasteiger partial charge on any atom is 0.257 e. The number of para-hydroxylation sites is 1. The Morgan fingerprint density at radius 2 is 1.86 bits per heavy atom. The number of nitrogens with one attached hydrogen (secondary N) is 1. The normalized spacial score (nSPS) is 15.2. The zero-order chi connectivity index (χ0) is 19.8. The lowest BCUT2D eigenvalue weighted by molar-refractivity contribution is -0.123. The Morgan fingerprint density at radius 3 is 2.57 bits per heavy atom. The first-order chi connectivity index (χ1) is 13.6. The number of aldehydes is 1. The molecule has 2 aromatic carbocycles. The fourth-order valence-corrected chi connectivity index (χ4v) is 3.46. The van der Waals surface area contributed by atoms with Gasteiger partial charge in [0.25, 0.3) is 5.91 Å². The highest BCUT2D eigenvalue weighted by atomic mass is 16.5. The van der Waals surface area contributed by atoms with Gasteiger partial charge in [0.15, 0.2) is 12.9 Å². The number of likely N-dealkylation sites (tertiary alicyclic amines) is 1. The van der Waals surface area contributed by atoms with Crippen LogP contribution in [0.15, 0.2) is 48.5 Å². The molecule has 5 nitrogen and oxygen atoms in total. The van der Waals surface area contributed by atoms with Gasteiger partial charge in [0.2, 0.25) is 0 Å². The predicted octanol–water partition coefficient (Wildman–Crippen LogP) is 3.21. The second kappa shape index (κ2) is 10.0. The third-order valence-corrected chi connectivity index (χ3v) is 5.23. The molecule has 3 rings (SSSR count). The van der Waals surface area contributed by atoms with Gasteiger partial charge in [0.1, 0.15) is 5.75 Å². The lowest BCUT2D eigenvalue weighted by Gasteiger charge is -2.32. The highest BCUT2D eigenvalue weighted by Gasteiger charge is 2.20. The Morgan fingerprint density at radius 1 is 1.14 bits per heavy atom. The number of benzene rings is 2. The van der Waals surface area contributed by atoms with Crippen LogP contribution in [0, 0.1) is 12.8 Å². The molecule has 0 bridgehead atoms. The van der Waals surface area contributed by atoms with Crippen LogP contribution >= 0.6 is 0 Å². The highest BCUT2D eigenvalue weighted by molar-refractivity contribution is 5.80. The van der Waals surface area contributed by atoms with Crippen molar-refractivity contribution < 1.29 is 14.3 Å². The molecule has 0 aliphatic carbocycles. The summed E-state index contributed by atoms with van der Waals surface area (Å²) in [5, 5.41) is 2.96. The lowest BCUT2D eigenvalue weighted by atomic mass is 9.96. The van der Waals surface area contributed by atoms with Crippen molar-refractivity contribution in [1.29, 1.82) is 0 Å². The molecular formula is C23H28N2O3. The molecule has 0 aromatic heterocycles. The molecule has 0 unspecified atom stereocenters. The number of ether oxygens (including phenoxy) is 1. The van der Waals surface area contributed by atoms with Crippen LogP contribution in [-0.4, -0.2) is 43.3 Å². The number of rotatable bonds is 8. The van der Waals surface area contributed by atoms with E-state index < -0.39 is 0 Å². The molecule has 1 amide bonds. The fraction of sp³-hybridized carbons (Fsp3) is 0.391. The smallest absolute Gasteiger partial charge is 0.257 e. The predicted molar refractivity (Wildman–Crippen MR) is 110 cm³/mol. The number of carbonyl (C=O) groups is 2. The third kappa shape index (κ3) is 5.92. The molecule has 0 atom stereocenters. The van der Waals surface area contributed by atoms with Crippen LogP contribution in [0.5, 0.6) is 5.75 Å². The van der Waals surface area contributed by atoms with Crippen molar-refractivity contribution in [2.24, 2.45) is 5.92 Å². The van der Waals surface area contributed by atoms with Gasteiger partial charge in [0, 0.05) is 13.1 Å². The van der Waals surface area contributed by atoms with Crippen LogP contribution in [0.1, 0.15) is 34.3 Å². The minimum absolute atomic E-state index is 0.0723. The van der Waals surface area contributed by atoms with Crippen molar-refractivity contribution in [1.82, 2.24) is 10.2 Å². The first-order valence-corrected chi connectivity index (χ1v) is 9.85. The molecule has 1 aliphatic rings. The number of amides is 1. The van der Waals surface area contributed by atoms with Gasteiger partial charge in [-0.3, -0.25) is 14.5 Å². The van der Waals surface area contributed by atoms with Crippen molar-refractivity contribution in [2.75, 3.05) is 26.2 Å². The van der Waals surface area contributed by atoms with Crippen LogP contribution < -0.4 is 10.1 Å². The van der Waals surface area contributed by atoms with Crippen LogP contribution in [0.4, 0.5) is 0 Å². The van der Waals surface area contributed by atoms with E-state index in [1.54, 1.807) is 24.3 Å². The SMILES string of the molecule is Cc1ccc(CN2CCC(CNC(=O)COc3ccccc3C=O)CC2)cc1. The van der Waals surface area contributed by atoms with Gasteiger partial charge in [-0.15, -0.1) is 0 Å². The van der Waals surface area contributed by atoms with Crippen molar-refractivity contribution in [2.45, 2.75) is 26.3 Å². The van der Waals surface area contributed by atoms with Crippen molar-refractivity contribution in [3.05, 3.63) is 65.2 Å². The van der Waals surface area contributed by atoms with Gasteiger partial charge in [-0.25, -0.2) is 0 Å². The third-order valence-electron chi connectivity index (χ3n) is 5.23. The van der Waals surface area contributed by atoms with Crippen LogP contribution in [0.3, 0.4) is 0 Å². The Labute approximate surface area is 166 Å². The van der Waals surface area contributed by atoms with Crippen LogP contribution in [0.2, 0.25) is 0 Å². The molecule has 1 N–H and O–H groups in total. The summed E-state index contributed by atoms with van der Waals surface area (Å²) in [6.07, 6.45) is 2.90. The van der Waals surface area contributed by atoms with Crippen LogP contribution in [0.25, 0.3) is 0 Å². The summed E-state index contributed by atoms with van der Waals surface area (Å²) in [6.45, 7) is 5.81. The van der Waals surface area contributed by atoms with E-state index in [0.717, 1.165) is 38.8 Å². The second-order valence-electron chi connectivity index (χ2n) is 7.45. The molecule has 28 heavy (non-hydrogen) atoms. The Kier molecular flexibility index (Phi) is 7.20. The Hall–Kier alpha value is -2.66. The van der Waals surface area contributed by atoms with E-state index in [1.807, 2.05) is 0 Å². The molecular weight excluding hydrogens is 352 g/mol. The average Bonchev–Trinajstić information content (AvgIpc) is 2.73. The zero-order valence-corrected chi connectivity index (χ0v) is 16.4. The first kappa shape index (κ1) is 20.1. The summed E-state index contributed by atoms with van der Waals surface area (Å²) in [4.78, 5) is 25.5. The monoisotopic (exact) mass is 380 g/mol. The second-order valence-corrected chi connectivity index (χ2v) is 7.45. The molecule has 1 saturated heterocycles. The van der Waals surface area contributed by atoms with E-state index >= 15 is 0 Å². The maximum atomic E-state index is 12.1.